The van der Waals surface area contributed by atoms with Crippen LogP contribution in [-0.4, -0.2) is 10.2 Å². The molecule has 1 aromatic carbocycles. The van der Waals surface area contributed by atoms with E-state index < -0.39 is 0 Å². The van der Waals surface area contributed by atoms with Gasteiger partial charge in [0.05, 0.1) is 0 Å². The topological polar surface area (TPSA) is 70.7 Å². The number of phenolic OH excluding ortho intramolecular Hbond substituents is 2. The summed E-state index contributed by atoms with van der Waals surface area (Å²) in [6.07, 6.45) is 0. The fraction of sp³-hybridized carbons (Fsp3) is 0. The lowest BCUT2D eigenvalue weighted by Crippen LogP contribution is -1.97. The van der Waals surface area contributed by atoms with E-state index in [0.717, 1.165) is 5.56 Å². The third-order valence-electron chi connectivity index (χ3n) is 2.88. The molecule has 0 spiro atoms. The van der Waals surface area contributed by atoms with Gasteiger partial charge in [-0.3, -0.25) is 4.79 Å². The first-order valence-corrected chi connectivity index (χ1v) is 5.70. The van der Waals surface area contributed by atoms with Crippen molar-refractivity contribution in [2.75, 3.05) is 0 Å². The van der Waals surface area contributed by atoms with Crippen LogP contribution in [0.1, 0.15) is 0 Å². The summed E-state index contributed by atoms with van der Waals surface area (Å²) in [5, 5.41) is 18.8. The maximum Gasteiger partial charge on any atom is 0.182 e. The van der Waals surface area contributed by atoms with Gasteiger partial charge in [0, 0.05) is 17.2 Å². The molecule has 1 heterocycles. The molecule has 0 radical (unpaired) electrons. The number of fused-ring (bicyclic) bond motifs is 1. The van der Waals surface area contributed by atoms with Gasteiger partial charge in [-0.25, -0.2) is 0 Å². The Balaban J connectivity index is 2.18. The lowest BCUT2D eigenvalue weighted by Gasteiger charge is -2.08. The van der Waals surface area contributed by atoms with E-state index in [-0.39, 0.29) is 16.9 Å². The van der Waals surface area contributed by atoms with Gasteiger partial charge in [0.2, 0.25) is 0 Å². The van der Waals surface area contributed by atoms with Crippen LogP contribution in [0.25, 0.3) is 22.6 Å². The Hall–Kier alpha value is -2.75. The molecular weight excluding hydrogens is 244 g/mol. The lowest BCUT2D eigenvalue weighted by molar-refractivity contribution is 0.404. The van der Waals surface area contributed by atoms with Gasteiger partial charge in [-0.15, -0.1) is 0 Å². The van der Waals surface area contributed by atoms with Gasteiger partial charge in [0.1, 0.15) is 11.5 Å². The Morgan fingerprint density at radius 3 is 2.26 bits per heavy atom. The first-order valence-electron chi connectivity index (χ1n) is 5.70. The van der Waals surface area contributed by atoms with E-state index in [1.807, 2.05) is 6.07 Å². The van der Waals surface area contributed by atoms with Crippen LogP contribution in [0.2, 0.25) is 0 Å². The molecule has 19 heavy (non-hydrogen) atoms. The fourth-order valence-corrected chi connectivity index (χ4v) is 1.89. The molecule has 0 amide bonds. The Labute approximate surface area is 108 Å². The molecule has 0 bridgehead atoms. The average molecular weight is 254 g/mol. The highest BCUT2D eigenvalue weighted by molar-refractivity contribution is 5.67. The molecule has 2 aliphatic rings. The SMILES string of the molecule is O=c1ccc2ccc(-c3ccc(O)c(O)c3)oc-2c1. The van der Waals surface area contributed by atoms with Gasteiger partial charge in [0.25, 0.3) is 0 Å². The van der Waals surface area contributed by atoms with E-state index in [9.17, 15) is 15.0 Å². The molecule has 0 atom stereocenters. The number of benzene rings is 2. The van der Waals surface area contributed by atoms with Gasteiger partial charge < -0.3 is 14.6 Å². The van der Waals surface area contributed by atoms with Crippen molar-refractivity contribution in [3.8, 4) is 34.1 Å². The first-order chi connectivity index (χ1) is 9.13. The second-order valence-electron chi connectivity index (χ2n) is 4.20. The van der Waals surface area contributed by atoms with Crippen LogP contribution in [0.15, 0.2) is 57.7 Å². The molecule has 4 nitrogen and oxygen atoms in total. The summed E-state index contributed by atoms with van der Waals surface area (Å²) in [5.74, 6) is 0.586. The van der Waals surface area contributed by atoms with Gasteiger partial charge in [0.15, 0.2) is 16.9 Å². The molecule has 0 unspecified atom stereocenters. The third-order valence-corrected chi connectivity index (χ3v) is 2.88. The maximum absolute atomic E-state index is 11.3. The van der Waals surface area contributed by atoms with Crippen molar-refractivity contribution >= 4 is 0 Å². The minimum Gasteiger partial charge on any atom is -0.504 e. The summed E-state index contributed by atoms with van der Waals surface area (Å²) < 4.78 is 5.63. The van der Waals surface area contributed by atoms with E-state index in [1.54, 1.807) is 18.2 Å². The minimum atomic E-state index is -0.217. The van der Waals surface area contributed by atoms with Crippen LogP contribution in [0, 0.1) is 0 Å². The van der Waals surface area contributed by atoms with Crippen LogP contribution < -0.4 is 5.43 Å². The molecule has 1 aliphatic heterocycles. The van der Waals surface area contributed by atoms with Crippen molar-refractivity contribution in [1.29, 1.82) is 0 Å². The zero-order valence-electron chi connectivity index (χ0n) is 9.83. The molecule has 3 rings (SSSR count). The molecule has 2 N–H and O–H groups in total. The summed E-state index contributed by atoms with van der Waals surface area (Å²) in [7, 11) is 0. The summed E-state index contributed by atoms with van der Waals surface area (Å²) in [6.45, 7) is 0. The summed E-state index contributed by atoms with van der Waals surface area (Å²) in [5.41, 5.74) is 1.32. The summed E-state index contributed by atoms with van der Waals surface area (Å²) >= 11 is 0. The van der Waals surface area contributed by atoms with Crippen molar-refractivity contribution in [2.45, 2.75) is 0 Å². The average Bonchev–Trinajstić information content (AvgIpc) is 2.41. The van der Waals surface area contributed by atoms with Gasteiger partial charge in [-0.05, 0) is 42.5 Å². The first kappa shape index (κ1) is 11.3. The molecule has 0 saturated carbocycles. The van der Waals surface area contributed by atoms with Gasteiger partial charge >= 0.3 is 0 Å². The minimum absolute atomic E-state index is 0.123. The normalized spacial score (nSPS) is 10.7. The monoisotopic (exact) mass is 254 g/mol. The van der Waals surface area contributed by atoms with Gasteiger partial charge in [-0.1, -0.05) is 0 Å². The van der Waals surface area contributed by atoms with Gasteiger partial charge in [-0.2, -0.15) is 0 Å². The van der Waals surface area contributed by atoms with Crippen LogP contribution in [0.4, 0.5) is 0 Å². The Kier molecular flexibility index (Phi) is 2.49. The fourth-order valence-electron chi connectivity index (χ4n) is 1.89. The number of phenols is 2. The van der Waals surface area contributed by atoms with E-state index in [1.165, 1.54) is 24.3 Å². The highest BCUT2D eigenvalue weighted by Gasteiger charge is 2.09. The predicted octanol–water partition coefficient (Wildman–Crippen LogP) is 2.82. The molecule has 1 aromatic rings. The quantitative estimate of drug-likeness (QED) is 0.655. The highest BCUT2D eigenvalue weighted by atomic mass is 16.3. The molecule has 4 heteroatoms. The van der Waals surface area contributed by atoms with Crippen LogP contribution in [-0.2, 0) is 0 Å². The second kappa shape index (κ2) is 4.17. The van der Waals surface area contributed by atoms with E-state index in [0.29, 0.717) is 17.1 Å². The van der Waals surface area contributed by atoms with Crippen LogP contribution in [0.5, 0.6) is 11.5 Å². The van der Waals surface area contributed by atoms with E-state index >= 15 is 0 Å². The smallest absolute Gasteiger partial charge is 0.182 e. The summed E-state index contributed by atoms with van der Waals surface area (Å²) in [6, 6.07) is 12.6. The molecule has 0 saturated heterocycles. The van der Waals surface area contributed by atoms with Crippen LogP contribution in [0.3, 0.4) is 0 Å². The third kappa shape index (κ3) is 2.04. The molecule has 1 aliphatic carbocycles. The van der Waals surface area contributed by atoms with Crippen molar-refractivity contribution in [3.63, 3.8) is 0 Å². The number of hydrogen-bond donors (Lipinski definition) is 2. The molecule has 94 valence electrons. The molecule has 0 fully saturated rings. The lowest BCUT2D eigenvalue weighted by atomic mass is 10.1. The molecular formula is C15H10O4. The summed E-state index contributed by atoms with van der Waals surface area (Å²) in [4.78, 5) is 11.3. The van der Waals surface area contributed by atoms with Crippen molar-refractivity contribution < 1.29 is 14.6 Å². The largest absolute Gasteiger partial charge is 0.504 e. The Bertz CT molecular complexity index is 773. The van der Waals surface area contributed by atoms with Crippen molar-refractivity contribution in [1.82, 2.24) is 0 Å². The zero-order chi connectivity index (χ0) is 13.4. The Morgan fingerprint density at radius 1 is 0.737 bits per heavy atom. The second-order valence-corrected chi connectivity index (χ2v) is 4.20. The number of aromatic hydroxyl groups is 2. The van der Waals surface area contributed by atoms with Crippen molar-refractivity contribution in [3.05, 3.63) is 58.8 Å². The zero-order valence-corrected chi connectivity index (χ0v) is 9.83. The van der Waals surface area contributed by atoms with E-state index in [2.05, 4.69) is 0 Å². The highest BCUT2D eigenvalue weighted by Crippen LogP contribution is 2.32. The van der Waals surface area contributed by atoms with Crippen molar-refractivity contribution in [2.24, 2.45) is 0 Å². The number of hydrogen-bond acceptors (Lipinski definition) is 4. The predicted molar refractivity (Wildman–Crippen MR) is 70.4 cm³/mol. The number of rotatable bonds is 1. The maximum atomic E-state index is 11.3. The Morgan fingerprint density at radius 2 is 1.47 bits per heavy atom. The molecule has 0 aromatic heterocycles. The van der Waals surface area contributed by atoms with E-state index in [4.69, 9.17) is 4.42 Å². The van der Waals surface area contributed by atoms with Crippen LogP contribution >= 0.6 is 0 Å². The standard InChI is InChI=1S/C15H10O4/c16-11-4-1-9-3-6-14(19-15(9)8-11)10-2-5-12(17)13(18)7-10/h1-8,17-18H.